The van der Waals surface area contributed by atoms with Crippen LogP contribution in [0.5, 0.6) is 0 Å². The Morgan fingerprint density at radius 3 is 2.59 bits per heavy atom. The van der Waals surface area contributed by atoms with Crippen LogP contribution in [0.4, 0.5) is 4.79 Å². The van der Waals surface area contributed by atoms with E-state index < -0.39 is 0 Å². The summed E-state index contributed by atoms with van der Waals surface area (Å²) in [7, 11) is 1.79. The molecule has 0 radical (unpaired) electrons. The van der Waals surface area contributed by atoms with Crippen molar-refractivity contribution in [1.82, 2.24) is 24.9 Å². The third-order valence-corrected chi connectivity index (χ3v) is 6.02. The number of fused-ring (bicyclic) bond motifs is 3. The smallest absolute Gasteiger partial charge is 0.310 e. The van der Waals surface area contributed by atoms with E-state index >= 15 is 0 Å². The van der Waals surface area contributed by atoms with Crippen LogP contribution in [0.3, 0.4) is 0 Å². The lowest BCUT2D eigenvalue weighted by Gasteiger charge is -2.45. The summed E-state index contributed by atoms with van der Waals surface area (Å²) in [6, 6.07) is 9.97. The molecule has 3 aliphatic heterocycles. The molecular weight excluding hydrogens is 342 g/mol. The van der Waals surface area contributed by atoms with Crippen LogP contribution in [0.15, 0.2) is 30.3 Å². The third kappa shape index (κ3) is 3.13. The first-order valence-corrected chi connectivity index (χ1v) is 9.89. The molecule has 1 aromatic rings. The molecule has 4 rings (SSSR count). The fourth-order valence-electron chi connectivity index (χ4n) is 4.71. The second-order valence-corrected chi connectivity index (χ2v) is 7.94. The first-order chi connectivity index (χ1) is 13.0. The lowest BCUT2D eigenvalue weighted by atomic mass is 10.0. The molecule has 27 heavy (non-hydrogen) atoms. The number of benzene rings is 1. The molecule has 3 aliphatic rings. The highest BCUT2D eigenvalue weighted by Crippen LogP contribution is 2.31. The molecule has 4 unspecified atom stereocenters. The molecule has 0 aromatic heterocycles. The molecule has 0 saturated carbocycles. The van der Waals surface area contributed by atoms with Gasteiger partial charge in [0.15, 0.2) is 0 Å². The maximum Gasteiger partial charge on any atom is 0.327 e. The van der Waals surface area contributed by atoms with Crippen LogP contribution in [0.1, 0.15) is 19.4 Å². The van der Waals surface area contributed by atoms with E-state index in [4.69, 9.17) is 0 Å². The number of likely N-dealkylation sites (N-methyl/N-ethyl adjacent to an activating group) is 2. The standard InChI is InChI=1S/C20H29N5O2/c1-4-24-18(26)16-17(22(3)20(24)27)21-19-23(12-14(2)13-25(16)19)11-10-15-8-6-5-7-9-15/h5-9,14,16-17,19,21H,4,10-13H2,1-3H3. The molecule has 0 spiro atoms. The Bertz CT molecular complexity index is 712. The number of carbonyl (C=O) groups is 2. The molecule has 7 heteroatoms. The summed E-state index contributed by atoms with van der Waals surface area (Å²) >= 11 is 0. The second-order valence-electron chi connectivity index (χ2n) is 7.94. The molecule has 7 nitrogen and oxygen atoms in total. The Morgan fingerprint density at radius 1 is 1.15 bits per heavy atom. The zero-order chi connectivity index (χ0) is 19.1. The van der Waals surface area contributed by atoms with Gasteiger partial charge in [0.25, 0.3) is 5.91 Å². The Hall–Kier alpha value is -1.96. The van der Waals surface area contributed by atoms with Crippen molar-refractivity contribution in [2.24, 2.45) is 5.92 Å². The molecule has 3 amide bonds. The van der Waals surface area contributed by atoms with E-state index in [1.54, 1.807) is 11.9 Å². The topological polar surface area (TPSA) is 59.1 Å². The summed E-state index contributed by atoms with van der Waals surface area (Å²) < 4.78 is 0. The van der Waals surface area contributed by atoms with Gasteiger partial charge in [-0.1, -0.05) is 37.3 Å². The molecule has 3 saturated heterocycles. The third-order valence-electron chi connectivity index (χ3n) is 6.02. The van der Waals surface area contributed by atoms with Crippen LogP contribution in [0.2, 0.25) is 0 Å². The van der Waals surface area contributed by atoms with E-state index in [1.807, 2.05) is 13.0 Å². The molecule has 1 aromatic carbocycles. The van der Waals surface area contributed by atoms with Gasteiger partial charge in [-0.3, -0.25) is 24.8 Å². The number of hydrogen-bond acceptors (Lipinski definition) is 5. The van der Waals surface area contributed by atoms with Gasteiger partial charge >= 0.3 is 6.03 Å². The average Bonchev–Trinajstić information content (AvgIpc) is 3.05. The van der Waals surface area contributed by atoms with Crippen molar-refractivity contribution in [2.45, 2.75) is 38.8 Å². The zero-order valence-corrected chi connectivity index (χ0v) is 16.3. The molecule has 3 heterocycles. The van der Waals surface area contributed by atoms with Gasteiger partial charge in [0.05, 0.1) is 0 Å². The van der Waals surface area contributed by atoms with Gasteiger partial charge in [-0.25, -0.2) is 4.79 Å². The van der Waals surface area contributed by atoms with Crippen molar-refractivity contribution in [1.29, 1.82) is 0 Å². The van der Waals surface area contributed by atoms with E-state index in [1.165, 1.54) is 10.5 Å². The van der Waals surface area contributed by atoms with Crippen molar-refractivity contribution in [3.05, 3.63) is 35.9 Å². The number of nitrogens with one attached hydrogen (secondary N) is 1. The maximum absolute atomic E-state index is 13.0. The number of amides is 3. The SMILES string of the molecule is CCN1C(=O)C2C(NC3N(CCc4ccccc4)CC(C)CN23)N(C)C1=O. The molecular formula is C20H29N5O2. The monoisotopic (exact) mass is 371 g/mol. The normalized spacial score (nSPS) is 32.0. The van der Waals surface area contributed by atoms with Crippen LogP contribution in [-0.2, 0) is 11.2 Å². The first kappa shape index (κ1) is 18.4. The van der Waals surface area contributed by atoms with E-state index in [0.717, 1.165) is 26.1 Å². The number of carbonyl (C=O) groups excluding carboxylic acids is 2. The van der Waals surface area contributed by atoms with Gasteiger partial charge in [0, 0.05) is 33.2 Å². The van der Waals surface area contributed by atoms with Gasteiger partial charge in [0.1, 0.15) is 18.5 Å². The first-order valence-electron chi connectivity index (χ1n) is 9.89. The van der Waals surface area contributed by atoms with E-state index in [-0.39, 0.29) is 30.4 Å². The van der Waals surface area contributed by atoms with E-state index in [2.05, 4.69) is 46.3 Å². The lowest BCUT2D eigenvalue weighted by Crippen LogP contribution is -2.66. The summed E-state index contributed by atoms with van der Waals surface area (Å²) in [5.41, 5.74) is 1.32. The van der Waals surface area contributed by atoms with Crippen LogP contribution in [0, 0.1) is 5.92 Å². The quantitative estimate of drug-likeness (QED) is 0.855. The Labute approximate surface area is 160 Å². The lowest BCUT2D eigenvalue weighted by molar-refractivity contribution is -0.140. The second kappa shape index (κ2) is 7.22. The summed E-state index contributed by atoms with van der Waals surface area (Å²) in [5.74, 6) is 0.404. The minimum Gasteiger partial charge on any atom is -0.310 e. The van der Waals surface area contributed by atoms with Crippen LogP contribution in [-0.4, -0.2) is 83.3 Å². The Morgan fingerprint density at radius 2 is 1.89 bits per heavy atom. The van der Waals surface area contributed by atoms with Gasteiger partial charge in [-0.2, -0.15) is 0 Å². The molecule has 1 N–H and O–H groups in total. The summed E-state index contributed by atoms with van der Waals surface area (Å²) in [5, 5.41) is 3.57. The number of urea groups is 1. The number of nitrogens with zero attached hydrogens (tertiary/aromatic N) is 4. The van der Waals surface area contributed by atoms with Gasteiger partial charge in [-0.15, -0.1) is 0 Å². The molecule has 3 fully saturated rings. The molecule has 0 bridgehead atoms. The highest BCUT2D eigenvalue weighted by molar-refractivity contribution is 6.00. The zero-order valence-electron chi connectivity index (χ0n) is 16.3. The summed E-state index contributed by atoms with van der Waals surface area (Å²) in [6.45, 7) is 7.28. The molecule has 146 valence electrons. The van der Waals surface area contributed by atoms with Gasteiger partial charge in [0.2, 0.25) is 0 Å². The van der Waals surface area contributed by atoms with Crippen molar-refractivity contribution >= 4 is 11.9 Å². The highest BCUT2D eigenvalue weighted by atomic mass is 16.2. The maximum atomic E-state index is 13.0. The number of hydrogen-bond donors (Lipinski definition) is 1. The average molecular weight is 371 g/mol. The van der Waals surface area contributed by atoms with Gasteiger partial charge in [-0.05, 0) is 24.8 Å². The predicted molar refractivity (Wildman–Crippen MR) is 103 cm³/mol. The van der Waals surface area contributed by atoms with E-state index in [9.17, 15) is 9.59 Å². The number of imide groups is 1. The largest absolute Gasteiger partial charge is 0.327 e. The Balaban J connectivity index is 1.55. The minimum absolute atomic E-state index is 0.00378. The minimum atomic E-state index is -0.306. The van der Waals surface area contributed by atoms with Crippen LogP contribution in [0.25, 0.3) is 0 Å². The van der Waals surface area contributed by atoms with E-state index in [0.29, 0.717) is 12.5 Å². The summed E-state index contributed by atoms with van der Waals surface area (Å²) in [6.07, 6.45) is 0.705. The van der Waals surface area contributed by atoms with Crippen LogP contribution < -0.4 is 5.32 Å². The van der Waals surface area contributed by atoms with Crippen LogP contribution >= 0.6 is 0 Å². The van der Waals surface area contributed by atoms with Crippen molar-refractivity contribution in [2.75, 3.05) is 33.2 Å². The molecule has 0 aliphatic carbocycles. The fourth-order valence-corrected chi connectivity index (χ4v) is 4.71. The fraction of sp³-hybridized carbons (Fsp3) is 0.600. The van der Waals surface area contributed by atoms with Crippen molar-refractivity contribution in [3.63, 3.8) is 0 Å². The molecule has 4 atom stereocenters. The van der Waals surface area contributed by atoms with Crippen molar-refractivity contribution < 1.29 is 9.59 Å². The Kier molecular flexibility index (Phi) is 4.92. The summed E-state index contributed by atoms with van der Waals surface area (Å²) in [4.78, 5) is 33.3. The van der Waals surface area contributed by atoms with Crippen molar-refractivity contribution in [3.8, 4) is 0 Å². The highest BCUT2D eigenvalue weighted by Gasteiger charge is 2.56. The predicted octanol–water partition coefficient (Wildman–Crippen LogP) is 0.978. The number of rotatable bonds is 4. The van der Waals surface area contributed by atoms with Gasteiger partial charge < -0.3 is 4.90 Å².